The van der Waals surface area contributed by atoms with Gasteiger partial charge in [0.15, 0.2) is 0 Å². The maximum absolute atomic E-state index is 15.1. The molecule has 23 heteroatoms. The third-order valence-corrected chi connectivity index (χ3v) is 11.4. The Morgan fingerprint density at radius 3 is 1.93 bits per heavy atom. The summed E-state index contributed by atoms with van der Waals surface area (Å²) in [7, 11) is 0. The van der Waals surface area contributed by atoms with Gasteiger partial charge in [-0.15, -0.1) is 11.8 Å². The summed E-state index contributed by atoms with van der Waals surface area (Å²) < 4.78 is 85.1. The quantitative estimate of drug-likeness (QED) is 0.0307. The average Bonchev–Trinajstić information content (AvgIpc) is 3.72. The third-order valence-electron chi connectivity index (χ3n) is 10.4. The highest BCUT2D eigenvalue weighted by Gasteiger charge is 2.39. The molecule has 0 aliphatic heterocycles. The summed E-state index contributed by atoms with van der Waals surface area (Å²) in [6, 6.07) is 13.0. The molecule has 1 heterocycles. The maximum Gasteiger partial charge on any atom is 0.490 e. The first kappa shape index (κ1) is 62.9. The molecule has 8 N–H and O–H groups in total. The number of carboxylic acid groups (broad SMARTS) is 2. The Bertz CT molecular complexity index is 2080. The average molecular weight is 1050 g/mol. The minimum Gasteiger partial charge on any atom is -0.480 e. The summed E-state index contributed by atoms with van der Waals surface area (Å²) in [4.78, 5) is 61.4. The van der Waals surface area contributed by atoms with Crippen LogP contribution in [0.15, 0.2) is 60.8 Å². The molecule has 0 saturated heterocycles. The predicted molar refractivity (Wildman–Crippen MR) is 262 cm³/mol. The monoisotopic (exact) mass is 1050 g/mol. The second kappa shape index (κ2) is 34.3. The zero-order valence-electron chi connectivity index (χ0n) is 41.2. The van der Waals surface area contributed by atoms with Crippen LogP contribution >= 0.6 is 11.8 Å². The molecule has 2 unspecified atom stereocenters. The number of nitrogens with one attached hydrogen (secondary N) is 2. The lowest BCUT2D eigenvalue weighted by Gasteiger charge is -2.41. The molecule has 3 rings (SSSR count). The van der Waals surface area contributed by atoms with Crippen molar-refractivity contribution in [3.63, 3.8) is 0 Å². The highest BCUT2D eigenvalue weighted by molar-refractivity contribution is 8.00. The third kappa shape index (κ3) is 25.5. The molecule has 2 aromatic carbocycles. The topological polar surface area (TPSA) is 247 Å². The molecule has 1 aromatic heterocycles. The van der Waals surface area contributed by atoms with E-state index >= 15 is 4.39 Å². The van der Waals surface area contributed by atoms with E-state index in [-0.39, 0.29) is 55.1 Å². The first-order valence-electron chi connectivity index (χ1n) is 23.6. The number of aliphatic carboxylic acids is 2. The number of carboxylic acids is 2. The van der Waals surface area contributed by atoms with Crippen molar-refractivity contribution in [2.24, 2.45) is 16.9 Å². The van der Waals surface area contributed by atoms with Gasteiger partial charge in [-0.1, -0.05) is 57.5 Å². The second-order valence-corrected chi connectivity index (χ2v) is 18.3. The van der Waals surface area contributed by atoms with Gasteiger partial charge in [0, 0.05) is 61.2 Å². The van der Waals surface area contributed by atoms with Gasteiger partial charge in [-0.05, 0) is 67.6 Å². The van der Waals surface area contributed by atoms with Crippen LogP contribution in [-0.4, -0.2) is 152 Å². The summed E-state index contributed by atoms with van der Waals surface area (Å²) in [5, 5.41) is 22.4. The number of nitrogens with two attached hydrogens (primary N) is 2. The number of unbranched alkanes of at least 4 members (excludes halogenated alkanes) is 2. The van der Waals surface area contributed by atoms with Crippen LogP contribution < -0.4 is 22.1 Å². The van der Waals surface area contributed by atoms with Crippen molar-refractivity contribution in [1.29, 1.82) is 0 Å². The number of carbonyl (C=O) groups is 5. The smallest absolute Gasteiger partial charge is 0.480 e. The number of hydrogen-bond acceptors (Lipinski definition) is 12. The number of alkyl halides is 3. The Labute approximate surface area is 421 Å². The number of hydrogen-bond donors (Lipinski definition) is 6. The molecule has 72 heavy (non-hydrogen) atoms. The van der Waals surface area contributed by atoms with Crippen molar-refractivity contribution in [2.45, 2.75) is 84.1 Å². The molecule has 0 aliphatic rings. The van der Waals surface area contributed by atoms with E-state index in [0.717, 1.165) is 54.8 Å². The van der Waals surface area contributed by atoms with E-state index in [2.05, 4.69) is 10.6 Å². The fourth-order valence-electron chi connectivity index (χ4n) is 6.94. The molecule has 404 valence electrons. The SMILES string of the molecule is CC(C)(C)C(c1cc(-c2cc(F)ccc2F)cn1Cc1ccccc1)N(CCCN)C(=O)CSCC(NC(=O)CCOCCOCCOCCOCCNC(=O)CCCCCN)C(=O)O.O=C(O)C(F)(F)F. The van der Waals surface area contributed by atoms with Crippen molar-refractivity contribution in [3.05, 3.63) is 83.7 Å². The lowest BCUT2D eigenvalue weighted by atomic mass is 9.83. The van der Waals surface area contributed by atoms with Crippen molar-refractivity contribution >= 4 is 41.4 Å². The minimum atomic E-state index is -5.08. The predicted octanol–water partition coefficient (Wildman–Crippen LogP) is 5.77. The van der Waals surface area contributed by atoms with Crippen LogP contribution in [0, 0.1) is 17.0 Å². The van der Waals surface area contributed by atoms with Gasteiger partial charge in [0.1, 0.15) is 17.7 Å². The normalized spacial score (nSPS) is 12.4. The van der Waals surface area contributed by atoms with Crippen molar-refractivity contribution < 1.29 is 75.1 Å². The molecule has 0 aliphatic carbocycles. The van der Waals surface area contributed by atoms with Gasteiger partial charge < -0.3 is 60.7 Å². The number of rotatable bonds is 34. The van der Waals surface area contributed by atoms with Gasteiger partial charge in [-0.25, -0.2) is 18.4 Å². The van der Waals surface area contributed by atoms with E-state index < -0.39 is 53.2 Å². The van der Waals surface area contributed by atoms with E-state index in [1.807, 2.05) is 55.7 Å². The van der Waals surface area contributed by atoms with Crippen molar-refractivity contribution in [3.8, 4) is 11.1 Å². The summed E-state index contributed by atoms with van der Waals surface area (Å²) in [6.45, 7) is 10.5. The van der Waals surface area contributed by atoms with Crippen LogP contribution in [0.1, 0.15) is 76.6 Å². The molecule has 0 bridgehead atoms. The van der Waals surface area contributed by atoms with E-state index in [4.69, 9.17) is 40.3 Å². The van der Waals surface area contributed by atoms with E-state index in [9.17, 15) is 41.8 Å². The first-order valence-corrected chi connectivity index (χ1v) is 24.7. The van der Waals surface area contributed by atoms with Crippen LogP contribution in [0.25, 0.3) is 11.1 Å². The lowest BCUT2D eigenvalue weighted by Crippen LogP contribution is -2.45. The van der Waals surface area contributed by atoms with E-state index in [1.165, 1.54) is 0 Å². The molecule has 2 atom stereocenters. The van der Waals surface area contributed by atoms with Crippen LogP contribution in [-0.2, 0) is 49.5 Å². The molecule has 0 fully saturated rings. The molecule has 0 saturated carbocycles. The number of carbonyl (C=O) groups excluding carboxylic acids is 3. The van der Waals surface area contributed by atoms with Crippen LogP contribution in [0.2, 0.25) is 0 Å². The van der Waals surface area contributed by atoms with Gasteiger partial charge in [0.05, 0.1) is 64.6 Å². The van der Waals surface area contributed by atoms with Crippen LogP contribution in [0.4, 0.5) is 22.0 Å². The fraction of sp³-hybridized carbons (Fsp3) is 0.571. The standard InChI is InChI=1S/C47H70F2N6O9S.C2HF3O2/c1-47(2,3)45(41-29-36(38-30-37(48)14-15-39(38)49)32-54(41)31-35-11-6-4-7-12-35)55(20-10-18-51)44(58)34-65-33-40(46(59)60)53-43(57)16-21-61-23-25-63-27-28-64-26-24-62-22-19-52-42(56)13-8-5-9-17-50;3-2(4,5)1(6)7/h4,6-7,11-12,14-15,29-30,32,40,45H,5,8-10,13,16-28,31,33-34,50-51H2,1-3H3,(H,52,56)(H,53,57)(H,59,60);(H,6,7). The zero-order chi connectivity index (χ0) is 53.5. The highest BCUT2D eigenvalue weighted by atomic mass is 32.2. The van der Waals surface area contributed by atoms with E-state index in [0.29, 0.717) is 89.9 Å². The second-order valence-electron chi connectivity index (χ2n) is 17.3. The van der Waals surface area contributed by atoms with Crippen molar-refractivity contribution in [1.82, 2.24) is 20.1 Å². The van der Waals surface area contributed by atoms with Gasteiger partial charge in [0.25, 0.3) is 0 Å². The summed E-state index contributed by atoms with van der Waals surface area (Å²) in [5.74, 6) is -6.06. The summed E-state index contributed by atoms with van der Waals surface area (Å²) >= 11 is 1.09. The Morgan fingerprint density at radius 2 is 1.36 bits per heavy atom. The number of benzene rings is 2. The molecule has 3 aromatic rings. The van der Waals surface area contributed by atoms with Crippen LogP contribution in [0.3, 0.4) is 0 Å². The summed E-state index contributed by atoms with van der Waals surface area (Å²) in [5.41, 5.74) is 13.1. The first-order chi connectivity index (χ1) is 34.2. The van der Waals surface area contributed by atoms with E-state index in [1.54, 1.807) is 17.2 Å². The number of amides is 3. The molecule has 0 radical (unpaired) electrons. The number of thioether (sulfide) groups is 1. The number of halogens is 5. The molecule has 0 spiro atoms. The largest absolute Gasteiger partial charge is 0.490 e. The minimum absolute atomic E-state index is 0.00837. The zero-order valence-corrected chi connectivity index (χ0v) is 42.0. The molecule has 3 amide bonds. The molecular formula is C49H71F5N6O11S. The van der Waals surface area contributed by atoms with Crippen LogP contribution in [0.5, 0.6) is 0 Å². The molecular weight excluding hydrogens is 976 g/mol. The highest BCUT2D eigenvalue weighted by Crippen LogP contribution is 2.41. The lowest BCUT2D eigenvalue weighted by molar-refractivity contribution is -0.192. The van der Waals surface area contributed by atoms with Crippen molar-refractivity contribution in [2.75, 3.05) is 90.5 Å². The Morgan fingerprint density at radius 1 is 0.764 bits per heavy atom. The summed E-state index contributed by atoms with van der Waals surface area (Å²) in [6.07, 6.45) is 0.297. The maximum atomic E-state index is 15.1. The van der Waals surface area contributed by atoms with Gasteiger partial charge in [0.2, 0.25) is 17.7 Å². The number of nitrogens with zero attached hydrogens (tertiary/aromatic N) is 2. The Hall–Kier alpha value is -5.17. The number of aromatic nitrogens is 1. The fourth-order valence-corrected chi connectivity index (χ4v) is 7.86. The Kier molecular flexibility index (Phi) is 30.0. The van der Waals surface area contributed by atoms with Gasteiger partial charge in [-0.2, -0.15) is 13.2 Å². The number of ether oxygens (including phenoxy) is 4. The molecule has 17 nitrogen and oxygen atoms in total. The van der Waals surface area contributed by atoms with Gasteiger partial charge >= 0.3 is 18.1 Å². The van der Waals surface area contributed by atoms with Gasteiger partial charge in [-0.3, -0.25) is 14.4 Å². The Balaban J connectivity index is 0.00000235.